The van der Waals surface area contributed by atoms with Gasteiger partial charge in [0.25, 0.3) is 0 Å². The highest BCUT2D eigenvalue weighted by Crippen LogP contribution is 2.32. The Kier molecular flexibility index (Phi) is 8.14. The van der Waals surface area contributed by atoms with Crippen LogP contribution in [0.25, 0.3) is 0 Å². The van der Waals surface area contributed by atoms with Crippen LogP contribution in [0.5, 0.6) is 11.5 Å². The summed E-state index contributed by atoms with van der Waals surface area (Å²) in [6, 6.07) is 27.0. The summed E-state index contributed by atoms with van der Waals surface area (Å²) in [6.45, 7) is 7.72. The fourth-order valence-electron chi connectivity index (χ4n) is 4.13. The van der Waals surface area contributed by atoms with Crippen LogP contribution in [0, 0.1) is 13.8 Å². The summed E-state index contributed by atoms with van der Waals surface area (Å²) in [5.41, 5.74) is 5.54. The first kappa shape index (κ1) is 26.2. The van der Waals surface area contributed by atoms with Gasteiger partial charge in [0.05, 0.1) is 12.7 Å². The third-order valence-electron chi connectivity index (χ3n) is 6.41. The molecule has 0 N–H and O–H groups in total. The molecule has 0 aliphatic heterocycles. The first-order valence-corrected chi connectivity index (χ1v) is 12.9. The molecule has 0 saturated carbocycles. The van der Waals surface area contributed by atoms with Gasteiger partial charge < -0.3 is 9.47 Å². The SMILES string of the molecule is COc1ccc(C(C)c2ccc(OC(=O)c3ccc(Sc4ccc(C(C)=O)cc4)cc3)c(C)c2)cc1C. The Hall–Kier alpha value is -3.83. The zero-order chi connectivity index (χ0) is 26.5. The summed E-state index contributed by atoms with van der Waals surface area (Å²) in [5.74, 6) is 1.28. The van der Waals surface area contributed by atoms with Gasteiger partial charge in [-0.3, -0.25) is 4.79 Å². The molecule has 4 nitrogen and oxygen atoms in total. The van der Waals surface area contributed by atoms with Crippen LogP contribution in [0.4, 0.5) is 0 Å². The van der Waals surface area contributed by atoms with Crippen LogP contribution in [0.2, 0.25) is 0 Å². The predicted molar refractivity (Wildman–Crippen MR) is 148 cm³/mol. The monoisotopic (exact) mass is 510 g/mol. The van der Waals surface area contributed by atoms with E-state index in [1.807, 2.05) is 68.4 Å². The highest BCUT2D eigenvalue weighted by Gasteiger charge is 2.15. The maximum atomic E-state index is 12.8. The molecule has 188 valence electrons. The summed E-state index contributed by atoms with van der Waals surface area (Å²) in [4.78, 5) is 26.3. The zero-order valence-electron chi connectivity index (χ0n) is 21.7. The number of carbonyl (C=O) groups is 2. The molecule has 0 amide bonds. The standard InChI is InChI=1S/C32H30O4S/c1-20-18-26(10-16-30(20)35-5)22(3)27-11-17-31(21(2)19-27)36-32(34)25-8-14-29(15-9-25)37-28-12-6-24(7-13-28)23(4)33/h6-19,22H,1-5H3. The highest BCUT2D eigenvalue weighted by atomic mass is 32.2. The number of methoxy groups -OCH3 is 1. The van der Waals surface area contributed by atoms with Crippen molar-refractivity contribution >= 4 is 23.5 Å². The Balaban J connectivity index is 1.41. The van der Waals surface area contributed by atoms with Crippen LogP contribution in [-0.2, 0) is 0 Å². The minimum Gasteiger partial charge on any atom is -0.496 e. The van der Waals surface area contributed by atoms with Crippen molar-refractivity contribution in [2.75, 3.05) is 7.11 Å². The molecule has 0 aliphatic carbocycles. The van der Waals surface area contributed by atoms with Gasteiger partial charge in [-0.1, -0.05) is 55.1 Å². The Labute approximate surface area is 222 Å². The van der Waals surface area contributed by atoms with E-state index in [4.69, 9.17) is 9.47 Å². The molecular weight excluding hydrogens is 480 g/mol. The Bertz CT molecular complexity index is 1420. The molecule has 0 aromatic heterocycles. The van der Waals surface area contributed by atoms with E-state index in [0.29, 0.717) is 16.9 Å². The maximum absolute atomic E-state index is 12.8. The van der Waals surface area contributed by atoms with Gasteiger partial charge in [-0.05, 0) is 91.6 Å². The van der Waals surface area contributed by atoms with Crippen LogP contribution >= 0.6 is 11.8 Å². The van der Waals surface area contributed by atoms with Crippen molar-refractivity contribution in [1.29, 1.82) is 0 Å². The maximum Gasteiger partial charge on any atom is 0.343 e. The smallest absolute Gasteiger partial charge is 0.343 e. The van der Waals surface area contributed by atoms with E-state index in [0.717, 1.165) is 32.2 Å². The van der Waals surface area contributed by atoms with Gasteiger partial charge in [-0.15, -0.1) is 0 Å². The highest BCUT2D eigenvalue weighted by molar-refractivity contribution is 7.99. The molecule has 0 saturated heterocycles. The Morgan fingerprint density at radius 3 is 1.65 bits per heavy atom. The molecule has 4 aromatic carbocycles. The molecule has 0 aliphatic rings. The van der Waals surface area contributed by atoms with Crippen LogP contribution in [-0.4, -0.2) is 18.9 Å². The number of hydrogen-bond donors (Lipinski definition) is 0. The summed E-state index contributed by atoms with van der Waals surface area (Å²) in [6.07, 6.45) is 0. The molecule has 4 rings (SSSR count). The van der Waals surface area contributed by atoms with Crippen LogP contribution in [0.15, 0.2) is 94.7 Å². The topological polar surface area (TPSA) is 52.6 Å². The molecule has 0 spiro atoms. The van der Waals surface area contributed by atoms with Gasteiger partial charge in [0.1, 0.15) is 11.5 Å². The molecule has 1 unspecified atom stereocenters. The average molecular weight is 511 g/mol. The number of ketones is 1. The molecule has 5 heteroatoms. The predicted octanol–water partition coefficient (Wildman–Crippen LogP) is 8.04. The van der Waals surface area contributed by atoms with Crippen molar-refractivity contribution in [2.24, 2.45) is 0 Å². The van der Waals surface area contributed by atoms with Crippen molar-refractivity contribution in [2.45, 2.75) is 43.4 Å². The summed E-state index contributed by atoms with van der Waals surface area (Å²) in [5, 5.41) is 0. The van der Waals surface area contributed by atoms with Crippen LogP contribution < -0.4 is 9.47 Å². The second-order valence-corrected chi connectivity index (χ2v) is 10.2. The van der Waals surface area contributed by atoms with Gasteiger partial charge in [0.15, 0.2) is 5.78 Å². The molecule has 0 fully saturated rings. The number of benzene rings is 4. The number of aryl methyl sites for hydroxylation is 2. The van der Waals surface area contributed by atoms with E-state index in [9.17, 15) is 9.59 Å². The van der Waals surface area contributed by atoms with E-state index < -0.39 is 5.97 Å². The number of carbonyl (C=O) groups excluding carboxylic acids is 2. The zero-order valence-corrected chi connectivity index (χ0v) is 22.5. The second kappa shape index (κ2) is 11.5. The molecule has 0 radical (unpaired) electrons. The molecule has 37 heavy (non-hydrogen) atoms. The van der Waals surface area contributed by atoms with Crippen molar-refractivity contribution in [3.05, 3.63) is 118 Å². The lowest BCUT2D eigenvalue weighted by Gasteiger charge is -2.16. The van der Waals surface area contributed by atoms with Crippen molar-refractivity contribution in [3.63, 3.8) is 0 Å². The quantitative estimate of drug-likeness (QED) is 0.136. The largest absolute Gasteiger partial charge is 0.496 e. The van der Waals surface area contributed by atoms with E-state index in [-0.39, 0.29) is 11.7 Å². The average Bonchev–Trinajstić information content (AvgIpc) is 2.90. The lowest BCUT2D eigenvalue weighted by atomic mass is 9.91. The number of Topliss-reactive ketones (excluding diaryl/α,β-unsaturated/α-hetero) is 1. The minimum atomic E-state index is -0.392. The molecule has 4 aromatic rings. The van der Waals surface area contributed by atoms with Crippen LogP contribution in [0.1, 0.15) is 62.7 Å². The fourth-order valence-corrected chi connectivity index (χ4v) is 4.95. The molecule has 0 heterocycles. The van der Waals surface area contributed by atoms with Crippen molar-refractivity contribution in [3.8, 4) is 11.5 Å². The normalized spacial score (nSPS) is 11.6. The van der Waals surface area contributed by atoms with Crippen molar-refractivity contribution < 1.29 is 19.1 Å². The summed E-state index contributed by atoms with van der Waals surface area (Å²) in [7, 11) is 1.68. The Morgan fingerprint density at radius 1 is 0.703 bits per heavy atom. The van der Waals surface area contributed by atoms with Crippen LogP contribution in [0.3, 0.4) is 0 Å². The minimum absolute atomic E-state index is 0.0473. The van der Waals surface area contributed by atoms with Gasteiger partial charge >= 0.3 is 5.97 Å². The number of rotatable bonds is 8. The van der Waals surface area contributed by atoms with Crippen molar-refractivity contribution in [1.82, 2.24) is 0 Å². The number of esters is 1. The van der Waals surface area contributed by atoms with E-state index in [2.05, 4.69) is 25.1 Å². The lowest BCUT2D eigenvalue weighted by molar-refractivity contribution is 0.0733. The molecular formula is C32H30O4S. The van der Waals surface area contributed by atoms with Gasteiger partial charge in [0, 0.05) is 21.3 Å². The number of hydrogen-bond acceptors (Lipinski definition) is 5. The first-order chi connectivity index (χ1) is 17.7. The lowest BCUT2D eigenvalue weighted by Crippen LogP contribution is -2.09. The fraction of sp³-hybridized carbons (Fsp3) is 0.188. The molecule has 0 bridgehead atoms. The summed E-state index contributed by atoms with van der Waals surface area (Å²) < 4.78 is 11.1. The van der Waals surface area contributed by atoms with E-state index in [1.165, 1.54) is 5.56 Å². The van der Waals surface area contributed by atoms with Gasteiger partial charge in [-0.25, -0.2) is 4.79 Å². The third kappa shape index (κ3) is 6.30. The molecule has 1 atom stereocenters. The Morgan fingerprint density at radius 2 is 1.19 bits per heavy atom. The van der Waals surface area contributed by atoms with Gasteiger partial charge in [0.2, 0.25) is 0 Å². The van der Waals surface area contributed by atoms with E-state index >= 15 is 0 Å². The third-order valence-corrected chi connectivity index (χ3v) is 7.42. The summed E-state index contributed by atoms with van der Waals surface area (Å²) >= 11 is 1.57. The van der Waals surface area contributed by atoms with E-state index in [1.54, 1.807) is 37.9 Å². The number of ether oxygens (including phenoxy) is 2. The van der Waals surface area contributed by atoms with Gasteiger partial charge in [-0.2, -0.15) is 0 Å². The second-order valence-electron chi connectivity index (χ2n) is 9.07. The first-order valence-electron chi connectivity index (χ1n) is 12.1.